The molecule has 0 saturated carbocycles. The molecule has 2 amide bonds. The summed E-state index contributed by atoms with van der Waals surface area (Å²) in [5.74, 6) is 0.295. The van der Waals surface area contributed by atoms with Gasteiger partial charge >= 0.3 is 6.03 Å². The molecule has 0 unspecified atom stereocenters. The summed E-state index contributed by atoms with van der Waals surface area (Å²) in [5.41, 5.74) is 1.36. The Hall–Kier alpha value is -2.90. The fourth-order valence-corrected chi connectivity index (χ4v) is 2.68. The van der Waals surface area contributed by atoms with Crippen LogP contribution in [-0.2, 0) is 0 Å². The highest BCUT2D eigenvalue weighted by Crippen LogP contribution is 2.29. The van der Waals surface area contributed by atoms with Crippen LogP contribution in [0.1, 0.15) is 5.56 Å². The van der Waals surface area contributed by atoms with Gasteiger partial charge in [0.25, 0.3) is 0 Å². The first-order valence-corrected chi connectivity index (χ1v) is 8.55. The number of para-hydroxylation sites is 1. The first kappa shape index (κ1) is 18.9. The molecule has 27 heavy (non-hydrogen) atoms. The SMILES string of the molecule is Cc1ccc(Nc2cc(NC(=O)Nc3c(Cl)cccc3Cl)ncn2)cc1F. The second-order valence-corrected chi connectivity index (χ2v) is 6.37. The molecule has 9 heteroatoms. The maximum absolute atomic E-state index is 13.6. The van der Waals surface area contributed by atoms with E-state index in [4.69, 9.17) is 23.2 Å². The van der Waals surface area contributed by atoms with E-state index in [0.717, 1.165) is 0 Å². The van der Waals surface area contributed by atoms with Gasteiger partial charge in [0.1, 0.15) is 23.8 Å². The Morgan fingerprint density at radius 2 is 1.70 bits per heavy atom. The van der Waals surface area contributed by atoms with Gasteiger partial charge in [0.2, 0.25) is 0 Å². The fraction of sp³-hybridized carbons (Fsp3) is 0.0556. The number of aryl methyl sites for hydroxylation is 1. The smallest absolute Gasteiger partial charge is 0.324 e. The molecule has 1 heterocycles. The quantitative estimate of drug-likeness (QED) is 0.526. The van der Waals surface area contributed by atoms with Gasteiger partial charge in [-0.3, -0.25) is 5.32 Å². The molecular formula is C18H14Cl2FN5O. The molecule has 1 aromatic heterocycles. The Kier molecular flexibility index (Phi) is 5.73. The lowest BCUT2D eigenvalue weighted by Gasteiger charge is -2.11. The van der Waals surface area contributed by atoms with Gasteiger partial charge < -0.3 is 10.6 Å². The standard InChI is InChI=1S/C18H14Cl2FN5O/c1-10-5-6-11(7-14(10)21)24-15-8-16(23-9-22-15)25-18(27)26-17-12(19)3-2-4-13(17)20/h2-9H,1H3,(H3,22,23,24,25,26,27). The van der Waals surface area contributed by atoms with Gasteiger partial charge in [-0.15, -0.1) is 0 Å². The van der Waals surface area contributed by atoms with Crippen LogP contribution in [0.3, 0.4) is 0 Å². The van der Waals surface area contributed by atoms with Gasteiger partial charge in [-0.1, -0.05) is 35.3 Å². The van der Waals surface area contributed by atoms with Gasteiger partial charge in [0, 0.05) is 11.8 Å². The molecule has 0 fully saturated rings. The summed E-state index contributed by atoms with van der Waals surface area (Å²) >= 11 is 12.0. The van der Waals surface area contributed by atoms with Crippen LogP contribution in [0.4, 0.5) is 32.2 Å². The van der Waals surface area contributed by atoms with Crippen molar-refractivity contribution in [2.45, 2.75) is 6.92 Å². The first-order chi connectivity index (χ1) is 12.9. The molecule has 0 radical (unpaired) electrons. The van der Waals surface area contributed by atoms with Crippen LogP contribution in [0, 0.1) is 12.7 Å². The zero-order valence-corrected chi connectivity index (χ0v) is 15.6. The van der Waals surface area contributed by atoms with E-state index >= 15 is 0 Å². The topological polar surface area (TPSA) is 78.9 Å². The van der Waals surface area contributed by atoms with Gasteiger partial charge in [-0.05, 0) is 36.8 Å². The molecule has 3 N–H and O–H groups in total. The summed E-state index contributed by atoms with van der Waals surface area (Å²) < 4.78 is 13.6. The molecule has 3 rings (SSSR count). The molecule has 3 aromatic rings. The number of hydrogen-bond acceptors (Lipinski definition) is 4. The van der Waals surface area contributed by atoms with E-state index in [0.29, 0.717) is 32.8 Å². The van der Waals surface area contributed by atoms with Gasteiger partial charge in [0.15, 0.2) is 0 Å². The van der Waals surface area contributed by atoms with Crippen molar-refractivity contribution in [1.29, 1.82) is 0 Å². The highest BCUT2D eigenvalue weighted by Gasteiger charge is 2.11. The van der Waals surface area contributed by atoms with Crippen LogP contribution >= 0.6 is 23.2 Å². The van der Waals surface area contributed by atoms with Crippen LogP contribution in [0.2, 0.25) is 10.0 Å². The molecular weight excluding hydrogens is 392 g/mol. The number of hydrogen-bond donors (Lipinski definition) is 3. The minimum atomic E-state index is -0.573. The van der Waals surface area contributed by atoms with E-state index in [-0.39, 0.29) is 11.6 Å². The van der Waals surface area contributed by atoms with Crippen molar-refractivity contribution >= 4 is 52.2 Å². The van der Waals surface area contributed by atoms with Crippen LogP contribution in [-0.4, -0.2) is 16.0 Å². The Morgan fingerprint density at radius 3 is 2.41 bits per heavy atom. The van der Waals surface area contributed by atoms with Crippen LogP contribution in [0.25, 0.3) is 0 Å². The molecule has 0 spiro atoms. The Balaban J connectivity index is 1.70. The first-order valence-electron chi connectivity index (χ1n) is 7.79. The van der Waals surface area contributed by atoms with Gasteiger partial charge in [-0.25, -0.2) is 19.2 Å². The molecule has 6 nitrogen and oxygen atoms in total. The van der Waals surface area contributed by atoms with Crippen LogP contribution in [0.5, 0.6) is 0 Å². The average molecular weight is 406 g/mol. The maximum atomic E-state index is 13.6. The highest BCUT2D eigenvalue weighted by molar-refractivity contribution is 6.39. The molecule has 0 aliphatic rings. The summed E-state index contributed by atoms with van der Waals surface area (Å²) in [6.45, 7) is 1.68. The van der Waals surface area contributed by atoms with Crippen LogP contribution in [0.15, 0.2) is 48.8 Å². The zero-order chi connectivity index (χ0) is 19.4. The van der Waals surface area contributed by atoms with E-state index in [2.05, 4.69) is 25.9 Å². The number of halogens is 3. The average Bonchev–Trinajstić information content (AvgIpc) is 2.62. The highest BCUT2D eigenvalue weighted by atomic mass is 35.5. The molecule has 0 aliphatic carbocycles. The van der Waals surface area contributed by atoms with Crippen molar-refractivity contribution in [3.05, 3.63) is 70.2 Å². The lowest BCUT2D eigenvalue weighted by Crippen LogP contribution is -2.20. The van der Waals surface area contributed by atoms with E-state index in [1.165, 1.54) is 18.5 Å². The van der Waals surface area contributed by atoms with Crippen molar-refractivity contribution in [2.75, 3.05) is 16.0 Å². The third-order valence-corrected chi connectivity index (χ3v) is 4.18. The summed E-state index contributed by atoms with van der Waals surface area (Å²) in [7, 11) is 0. The number of amides is 2. The van der Waals surface area contributed by atoms with Crippen molar-refractivity contribution in [3.63, 3.8) is 0 Å². The number of anilines is 4. The number of urea groups is 1. The molecule has 0 bridgehead atoms. The van der Waals surface area contributed by atoms with E-state index in [1.807, 2.05) is 0 Å². The summed E-state index contributed by atoms with van der Waals surface area (Å²) in [6, 6.07) is 10.5. The fourth-order valence-electron chi connectivity index (χ4n) is 2.19. The normalized spacial score (nSPS) is 10.4. The number of aromatic nitrogens is 2. The van der Waals surface area contributed by atoms with E-state index in [9.17, 15) is 9.18 Å². The zero-order valence-electron chi connectivity index (χ0n) is 14.1. The number of rotatable bonds is 4. The summed E-state index contributed by atoms with van der Waals surface area (Å²) in [5, 5.41) is 8.69. The number of carbonyl (C=O) groups excluding carboxylic acids is 1. The monoisotopic (exact) mass is 405 g/mol. The predicted molar refractivity (Wildman–Crippen MR) is 106 cm³/mol. The third kappa shape index (κ3) is 4.84. The number of carbonyl (C=O) groups is 1. The Morgan fingerprint density at radius 1 is 1.00 bits per heavy atom. The number of nitrogens with zero attached hydrogens (tertiary/aromatic N) is 2. The maximum Gasteiger partial charge on any atom is 0.324 e. The number of benzene rings is 2. The second-order valence-electron chi connectivity index (χ2n) is 5.55. The van der Waals surface area contributed by atoms with Crippen LogP contribution < -0.4 is 16.0 Å². The van der Waals surface area contributed by atoms with Crippen molar-refractivity contribution in [2.24, 2.45) is 0 Å². The van der Waals surface area contributed by atoms with Crippen molar-refractivity contribution in [1.82, 2.24) is 9.97 Å². The van der Waals surface area contributed by atoms with Crippen molar-refractivity contribution in [3.8, 4) is 0 Å². The Bertz CT molecular complexity index is 979. The second kappa shape index (κ2) is 8.20. The van der Waals surface area contributed by atoms with Gasteiger partial charge in [-0.2, -0.15) is 0 Å². The molecule has 138 valence electrons. The molecule has 0 aliphatic heterocycles. The summed E-state index contributed by atoms with van der Waals surface area (Å²) in [6.07, 6.45) is 1.27. The predicted octanol–water partition coefficient (Wildman–Crippen LogP) is 5.62. The van der Waals surface area contributed by atoms with E-state index < -0.39 is 6.03 Å². The molecule has 0 saturated heterocycles. The van der Waals surface area contributed by atoms with E-state index in [1.54, 1.807) is 37.3 Å². The number of nitrogens with one attached hydrogen (secondary N) is 3. The minimum Gasteiger partial charge on any atom is -0.340 e. The van der Waals surface area contributed by atoms with Crippen molar-refractivity contribution < 1.29 is 9.18 Å². The Labute approximate surface area is 164 Å². The molecule has 0 atom stereocenters. The lowest BCUT2D eigenvalue weighted by molar-refractivity contribution is 0.262. The lowest BCUT2D eigenvalue weighted by atomic mass is 10.2. The minimum absolute atomic E-state index is 0.237. The largest absolute Gasteiger partial charge is 0.340 e. The third-order valence-electron chi connectivity index (χ3n) is 3.55. The summed E-state index contributed by atoms with van der Waals surface area (Å²) in [4.78, 5) is 20.2. The molecule has 2 aromatic carbocycles. The van der Waals surface area contributed by atoms with Gasteiger partial charge in [0.05, 0.1) is 15.7 Å².